The SMILES string of the molecule is CC(NC(=O)CN1CCNCCN(C(=O)N[C@@H](C)c2ccccc2)CCNCC1)c1ccccc1.CCc1cccc(-c2ccc3c(=O)c4cc(C(C)(C)C)ccc4oc3n2)n1. The number of aryl methyl sites for hydroxylation is 1. The van der Waals surface area contributed by atoms with E-state index in [0.29, 0.717) is 60.5 Å². The number of amides is 3. The predicted octanol–water partition coefficient (Wildman–Crippen LogP) is 7.39. The third-order valence-electron chi connectivity index (χ3n) is 11.1. The first-order valence-corrected chi connectivity index (χ1v) is 21.8. The van der Waals surface area contributed by atoms with Crippen LogP contribution < -0.4 is 26.7 Å². The summed E-state index contributed by atoms with van der Waals surface area (Å²) in [7, 11) is 0. The molecule has 326 valence electrons. The van der Waals surface area contributed by atoms with Crippen molar-refractivity contribution in [2.24, 2.45) is 0 Å². The standard InChI is InChI=1S/C27H40N6O2.C23H22N2O2/c1-22(24-9-5-3-6-10-24)30-26(34)21-32-17-13-28-15-19-33(20-16-29-14-18-32)27(35)31-23(2)25-11-7-4-8-12-25;1-5-15-7-6-8-18(24-15)19-11-10-16-21(26)17-13-14(23(2,3)4)9-12-20(17)27-22(16)25-19/h3-12,22-23,28-29H,13-21H2,1-2H3,(H,30,34)(H,31,35);6-13H,5H2,1-4H3/t22?,23-;/m0./s1. The minimum Gasteiger partial charge on any atom is -0.437 e. The van der Waals surface area contributed by atoms with Crippen LogP contribution in [-0.4, -0.2) is 90.6 Å². The molecule has 1 unspecified atom stereocenters. The number of benzene rings is 3. The number of carbonyl (C=O) groups is 2. The maximum atomic E-state index is 13.0. The average molecular weight is 839 g/mol. The molecule has 0 spiro atoms. The Labute approximate surface area is 365 Å². The van der Waals surface area contributed by atoms with E-state index < -0.39 is 0 Å². The normalized spacial score (nSPS) is 15.4. The lowest BCUT2D eigenvalue weighted by Gasteiger charge is -2.28. The Morgan fingerprint density at radius 2 is 1.31 bits per heavy atom. The summed E-state index contributed by atoms with van der Waals surface area (Å²) in [6.07, 6.45) is 0.858. The second-order valence-electron chi connectivity index (χ2n) is 16.9. The highest BCUT2D eigenvalue weighted by Crippen LogP contribution is 2.27. The Kier molecular flexibility index (Phi) is 16.0. The molecule has 4 heterocycles. The first-order valence-electron chi connectivity index (χ1n) is 21.8. The molecule has 1 aliphatic rings. The number of fused-ring (bicyclic) bond motifs is 2. The maximum Gasteiger partial charge on any atom is 0.317 e. The van der Waals surface area contributed by atoms with Crippen LogP contribution in [0.2, 0.25) is 0 Å². The first kappa shape index (κ1) is 45.6. The molecular formula is C50H62N8O4. The van der Waals surface area contributed by atoms with Crippen molar-refractivity contribution >= 4 is 34.0 Å². The second-order valence-corrected chi connectivity index (χ2v) is 16.9. The van der Waals surface area contributed by atoms with Crippen LogP contribution in [-0.2, 0) is 16.6 Å². The van der Waals surface area contributed by atoms with Gasteiger partial charge in [0, 0.05) is 58.1 Å². The van der Waals surface area contributed by atoms with Crippen molar-refractivity contribution < 1.29 is 14.0 Å². The summed E-state index contributed by atoms with van der Waals surface area (Å²) in [4.78, 5) is 51.7. The molecule has 6 aromatic rings. The molecule has 12 nitrogen and oxygen atoms in total. The predicted molar refractivity (Wildman–Crippen MR) is 249 cm³/mol. The molecular weight excluding hydrogens is 777 g/mol. The van der Waals surface area contributed by atoms with E-state index in [1.807, 2.05) is 122 Å². The Morgan fingerprint density at radius 1 is 0.710 bits per heavy atom. The zero-order chi connectivity index (χ0) is 44.1. The summed E-state index contributed by atoms with van der Waals surface area (Å²) in [5, 5.41) is 14.2. The molecule has 1 saturated heterocycles. The van der Waals surface area contributed by atoms with E-state index in [1.165, 1.54) is 0 Å². The Bertz CT molecular complexity index is 2440. The number of nitrogens with zero attached hydrogens (tertiary/aromatic N) is 4. The number of urea groups is 1. The number of rotatable bonds is 8. The van der Waals surface area contributed by atoms with Gasteiger partial charge in [0.05, 0.1) is 40.8 Å². The monoisotopic (exact) mass is 838 g/mol. The molecule has 4 N–H and O–H groups in total. The molecule has 0 aliphatic carbocycles. The molecule has 62 heavy (non-hydrogen) atoms. The number of nitrogens with one attached hydrogen (secondary N) is 4. The van der Waals surface area contributed by atoms with E-state index in [4.69, 9.17) is 4.42 Å². The van der Waals surface area contributed by atoms with Crippen LogP contribution in [0.3, 0.4) is 0 Å². The second kappa shape index (κ2) is 21.7. The van der Waals surface area contributed by atoms with Gasteiger partial charge in [-0.1, -0.05) is 100 Å². The lowest BCUT2D eigenvalue weighted by atomic mass is 9.86. The van der Waals surface area contributed by atoms with Crippen LogP contribution in [0.1, 0.15) is 76.0 Å². The number of pyridine rings is 2. The molecule has 0 radical (unpaired) electrons. The van der Waals surface area contributed by atoms with Crippen LogP contribution in [0.15, 0.2) is 118 Å². The molecule has 1 fully saturated rings. The molecule has 12 heteroatoms. The first-order chi connectivity index (χ1) is 29.9. The van der Waals surface area contributed by atoms with Gasteiger partial charge in [-0.05, 0) is 78.8 Å². The fourth-order valence-electron chi connectivity index (χ4n) is 7.32. The van der Waals surface area contributed by atoms with Gasteiger partial charge in [-0.2, -0.15) is 0 Å². The highest BCUT2D eigenvalue weighted by atomic mass is 16.3. The highest BCUT2D eigenvalue weighted by Gasteiger charge is 2.20. The van der Waals surface area contributed by atoms with E-state index in [1.54, 1.807) is 6.07 Å². The van der Waals surface area contributed by atoms with Crippen molar-refractivity contribution in [2.45, 2.75) is 65.5 Å². The Balaban J connectivity index is 0.000000213. The van der Waals surface area contributed by atoms with Gasteiger partial charge in [-0.15, -0.1) is 0 Å². The molecule has 2 atom stereocenters. The third-order valence-corrected chi connectivity index (χ3v) is 11.1. The van der Waals surface area contributed by atoms with Gasteiger partial charge in [0.25, 0.3) is 0 Å². The molecule has 3 amide bonds. The number of aromatic nitrogens is 2. The van der Waals surface area contributed by atoms with Crippen molar-refractivity contribution in [3.63, 3.8) is 0 Å². The van der Waals surface area contributed by atoms with Gasteiger partial charge in [-0.25, -0.2) is 9.78 Å². The van der Waals surface area contributed by atoms with Crippen LogP contribution in [0, 0.1) is 0 Å². The van der Waals surface area contributed by atoms with Gasteiger partial charge in [0.1, 0.15) is 5.58 Å². The molecule has 3 aromatic heterocycles. The summed E-state index contributed by atoms with van der Waals surface area (Å²) in [5.74, 6) is 0.0313. The minimum atomic E-state index is -0.0494. The van der Waals surface area contributed by atoms with Gasteiger partial charge < -0.3 is 30.6 Å². The Hall–Kier alpha value is -5.95. The summed E-state index contributed by atoms with van der Waals surface area (Å²) in [6.45, 7) is 18.6. The number of carbonyl (C=O) groups excluding carboxylic acids is 2. The molecule has 0 bridgehead atoms. The fraction of sp³-hybridized carbons (Fsp3) is 0.380. The van der Waals surface area contributed by atoms with E-state index in [2.05, 4.69) is 63.8 Å². The molecule has 3 aromatic carbocycles. The third kappa shape index (κ3) is 12.6. The molecule has 1 aliphatic heterocycles. The fourth-order valence-corrected chi connectivity index (χ4v) is 7.32. The van der Waals surface area contributed by atoms with Gasteiger partial charge >= 0.3 is 6.03 Å². The number of hydrogen-bond donors (Lipinski definition) is 4. The van der Waals surface area contributed by atoms with Crippen LogP contribution >= 0.6 is 0 Å². The summed E-state index contributed by atoms with van der Waals surface area (Å²) >= 11 is 0. The summed E-state index contributed by atoms with van der Waals surface area (Å²) < 4.78 is 5.97. The van der Waals surface area contributed by atoms with Crippen LogP contribution in [0.5, 0.6) is 0 Å². The topological polar surface area (TPSA) is 145 Å². The van der Waals surface area contributed by atoms with Gasteiger partial charge in [0.15, 0.2) is 0 Å². The smallest absolute Gasteiger partial charge is 0.317 e. The maximum absolute atomic E-state index is 13.0. The zero-order valence-electron chi connectivity index (χ0n) is 37.0. The summed E-state index contributed by atoms with van der Waals surface area (Å²) in [6, 6.07) is 35.2. The van der Waals surface area contributed by atoms with E-state index in [9.17, 15) is 14.4 Å². The van der Waals surface area contributed by atoms with E-state index in [0.717, 1.165) is 60.7 Å². The van der Waals surface area contributed by atoms with Gasteiger partial charge in [0.2, 0.25) is 17.0 Å². The average Bonchev–Trinajstić information content (AvgIpc) is 3.27. The van der Waals surface area contributed by atoms with Crippen molar-refractivity contribution in [3.05, 3.63) is 142 Å². The lowest BCUT2D eigenvalue weighted by Crippen LogP contribution is -2.49. The zero-order valence-corrected chi connectivity index (χ0v) is 37.0. The Morgan fingerprint density at radius 3 is 1.92 bits per heavy atom. The van der Waals surface area contributed by atoms with E-state index in [-0.39, 0.29) is 34.9 Å². The van der Waals surface area contributed by atoms with Crippen molar-refractivity contribution in [2.75, 3.05) is 58.9 Å². The summed E-state index contributed by atoms with van der Waals surface area (Å²) in [5.41, 5.74) is 6.60. The van der Waals surface area contributed by atoms with Crippen molar-refractivity contribution in [1.29, 1.82) is 0 Å². The number of hydrogen-bond acceptors (Lipinski definition) is 9. The van der Waals surface area contributed by atoms with Crippen LogP contribution in [0.4, 0.5) is 4.79 Å². The minimum absolute atomic E-state index is 0.0193. The largest absolute Gasteiger partial charge is 0.437 e. The quantitative estimate of drug-likeness (QED) is 0.115. The van der Waals surface area contributed by atoms with Gasteiger partial charge in [-0.3, -0.25) is 19.5 Å². The van der Waals surface area contributed by atoms with Crippen molar-refractivity contribution in [3.8, 4) is 11.4 Å². The van der Waals surface area contributed by atoms with Crippen LogP contribution in [0.25, 0.3) is 33.5 Å². The molecule has 0 saturated carbocycles. The molecule has 7 rings (SSSR count). The lowest BCUT2D eigenvalue weighted by molar-refractivity contribution is -0.122. The highest BCUT2D eigenvalue weighted by molar-refractivity contribution is 5.89. The van der Waals surface area contributed by atoms with Crippen molar-refractivity contribution in [1.82, 2.24) is 41.0 Å². The van der Waals surface area contributed by atoms with E-state index >= 15 is 0 Å².